The lowest BCUT2D eigenvalue weighted by atomic mass is 9.95. The van der Waals surface area contributed by atoms with Crippen molar-refractivity contribution in [2.45, 2.75) is 25.5 Å². The third kappa shape index (κ3) is 4.09. The molecule has 116 valence electrons. The first-order valence-corrected chi connectivity index (χ1v) is 7.18. The number of carbonyl (C=O) groups excluding carboxylic acids is 1. The molecule has 1 atom stereocenters. The second-order valence-corrected chi connectivity index (χ2v) is 5.76. The van der Waals surface area contributed by atoms with Crippen LogP contribution in [-0.2, 0) is 17.8 Å². The van der Waals surface area contributed by atoms with E-state index < -0.39 is 5.60 Å². The molecule has 0 aliphatic rings. The van der Waals surface area contributed by atoms with Crippen molar-refractivity contribution >= 4 is 5.91 Å². The number of phenols is 1. The van der Waals surface area contributed by atoms with Gasteiger partial charge in [0.25, 0.3) is 5.91 Å². The molecule has 0 saturated heterocycles. The molecule has 0 bridgehead atoms. The Morgan fingerprint density at radius 3 is 2.23 bits per heavy atom. The van der Waals surface area contributed by atoms with Crippen molar-refractivity contribution in [1.82, 2.24) is 4.90 Å². The largest absolute Gasteiger partial charge is 0.508 e. The number of benzene rings is 2. The van der Waals surface area contributed by atoms with Crippen LogP contribution in [0, 0.1) is 0 Å². The molecule has 1 amide bonds. The van der Waals surface area contributed by atoms with Gasteiger partial charge in [-0.2, -0.15) is 0 Å². The second kappa shape index (κ2) is 6.62. The smallest absolute Gasteiger partial charge is 0.254 e. The third-order valence-electron chi connectivity index (χ3n) is 3.55. The van der Waals surface area contributed by atoms with E-state index in [2.05, 4.69) is 0 Å². The van der Waals surface area contributed by atoms with Gasteiger partial charge >= 0.3 is 0 Å². The zero-order valence-electron chi connectivity index (χ0n) is 12.9. The quantitative estimate of drug-likeness (QED) is 0.891. The first-order chi connectivity index (χ1) is 10.4. The monoisotopic (exact) mass is 299 g/mol. The average Bonchev–Trinajstić information content (AvgIpc) is 2.49. The van der Waals surface area contributed by atoms with Crippen molar-refractivity contribution in [2.75, 3.05) is 7.05 Å². The van der Waals surface area contributed by atoms with Crippen LogP contribution in [0.5, 0.6) is 5.75 Å². The van der Waals surface area contributed by atoms with E-state index in [9.17, 15) is 15.0 Å². The summed E-state index contributed by atoms with van der Waals surface area (Å²) in [6.45, 7) is 1.92. The molecule has 0 spiro atoms. The Morgan fingerprint density at radius 1 is 1.05 bits per heavy atom. The van der Waals surface area contributed by atoms with Crippen LogP contribution in [0.15, 0.2) is 54.6 Å². The molecule has 0 aliphatic carbocycles. The lowest BCUT2D eigenvalue weighted by molar-refractivity contribution is -0.148. The lowest BCUT2D eigenvalue weighted by Gasteiger charge is -2.28. The van der Waals surface area contributed by atoms with Gasteiger partial charge in [-0.05, 0) is 30.2 Å². The van der Waals surface area contributed by atoms with Crippen molar-refractivity contribution in [1.29, 1.82) is 0 Å². The predicted octanol–water partition coefficient (Wildman–Crippen LogP) is 2.34. The second-order valence-electron chi connectivity index (χ2n) is 5.76. The summed E-state index contributed by atoms with van der Waals surface area (Å²) in [5.74, 6) is -0.141. The minimum atomic E-state index is -1.45. The normalized spacial score (nSPS) is 13.4. The van der Waals surface area contributed by atoms with E-state index in [1.54, 1.807) is 31.3 Å². The Balaban J connectivity index is 2.03. The third-order valence-corrected chi connectivity index (χ3v) is 3.55. The topological polar surface area (TPSA) is 60.8 Å². The Hall–Kier alpha value is -2.33. The molecular formula is C18H21NO3. The Labute approximate surface area is 130 Å². The summed E-state index contributed by atoms with van der Waals surface area (Å²) < 4.78 is 0. The van der Waals surface area contributed by atoms with Gasteiger partial charge in [-0.15, -0.1) is 0 Å². The maximum absolute atomic E-state index is 12.5. The van der Waals surface area contributed by atoms with Crippen molar-refractivity contribution in [3.8, 4) is 5.75 Å². The number of aromatic hydroxyl groups is 1. The van der Waals surface area contributed by atoms with Gasteiger partial charge in [-0.1, -0.05) is 42.5 Å². The highest BCUT2D eigenvalue weighted by Crippen LogP contribution is 2.18. The molecular weight excluding hydrogens is 278 g/mol. The van der Waals surface area contributed by atoms with Crippen LogP contribution in [0.25, 0.3) is 0 Å². The molecule has 0 radical (unpaired) electrons. The fraction of sp³-hybridized carbons (Fsp3) is 0.278. The summed E-state index contributed by atoms with van der Waals surface area (Å²) in [6.07, 6.45) is 0.270. The van der Waals surface area contributed by atoms with E-state index in [1.807, 2.05) is 30.3 Å². The number of likely N-dealkylation sites (N-methyl/N-ethyl adjacent to an activating group) is 1. The standard InChI is InChI=1S/C18H21NO3/c1-18(22,12-14-6-4-3-5-7-14)17(21)19(2)13-15-8-10-16(20)11-9-15/h3-11,20,22H,12-13H2,1-2H3/t18-/m0/s1. The van der Waals surface area contributed by atoms with Crippen molar-refractivity contribution in [3.63, 3.8) is 0 Å². The average molecular weight is 299 g/mol. The highest BCUT2D eigenvalue weighted by Gasteiger charge is 2.33. The van der Waals surface area contributed by atoms with Crippen LogP contribution in [0.4, 0.5) is 0 Å². The SMILES string of the molecule is CN(Cc1ccc(O)cc1)C(=O)[C@@](C)(O)Cc1ccccc1. The van der Waals surface area contributed by atoms with Crippen molar-refractivity contribution < 1.29 is 15.0 Å². The summed E-state index contributed by atoms with van der Waals surface area (Å²) in [5.41, 5.74) is 0.357. The summed E-state index contributed by atoms with van der Waals surface area (Å²) >= 11 is 0. The fourth-order valence-electron chi connectivity index (χ4n) is 2.43. The highest BCUT2D eigenvalue weighted by molar-refractivity contribution is 5.84. The highest BCUT2D eigenvalue weighted by atomic mass is 16.3. The minimum absolute atomic E-state index is 0.189. The molecule has 2 aromatic rings. The van der Waals surface area contributed by atoms with Crippen LogP contribution < -0.4 is 0 Å². The lowest BCUT2D eigenvalue weighted by Crippen LogP contribution is -2.46. The Bertz CT molecular complexity index is 621. The molecule has 0 heterocycles. The van der Waals surface area contributed by atoms with E-state index in [-0.39, 0.29) is 18.1 Å². The van der Waals surface area contributed by atoms with E-state index in [0.29, 0.717) is 6.54 Å². The number of phenolic OH excluding ortho intramolecular Hbond substituents is 1. The van der Waals surface area contributed by atoms with Crippen LogP contribution in [-0.4, -0.2) is 33.7 Å². The van der Waals surface area contributed by atoms with Gasteiger partial charge in [0.15, 0.2) is 0 Å². The molecule has 2 rings (SSSR count). The Morgan fingerprint density at radius 2 is 1.64 bits per heavy atom. The first kappa shape index (κ1) is 16.0. The maximum atomic E-state index is 12.5. The number of hydrogen-bond donors (Lipinski definition) is 2. The van der Waals surface area contributed by atoms with Crippen LogP contribution in [0.2, 0.25) is 0 Å². The molecule has 2 aromatic carbocycles. The zero-order chi connectivity index (χ0) is 16.2. The van der Waals surface area contributed by atoms with Gasteiger partial charge in [0.05, 0.1) is 0 Å². The van der Waals surface area contributed by atoms with Gasteiger partial charge < -0.3 is 15.1 Å². The van der Waals surface area contributed by atoms with Crippen molar-refractivity contribution in [2.24, 2.45) is 0 Å². The van der Waals surface area contributed by atoms with Gasteiger partial charge in [-0.25, -0.2) is 0 Å². The molecule has 4 heteroatoms. The molecule has 0 unspecified atom stereocenters. The summed E-state index contributed by atoms with van der Waals surface area (Å²) in [7, 11) is 1.66. The van der Waals surface area contributed by atoms with Crippen LogP contribution in [0.3, 0.4) is 0 Å². The van der Waals surface area contributed by atoms with Gasteiger partial charge in [0.2, 0.25) is 0 Å². The number of hydrogen-bond acceptors (Lipinski definition) is 3. The van der Waals surface area contributed by atoms with Crippen molar-refractivity contribution in [3.05, 3.63) is 65.7 Å². The number of rotatable bonds is 5. The number of aliphatic hydroxyl groups is 1. The summed E-state index contributed by atoms with van der Waals surface area (Å²) in [6, 6.07) is 16.1. The van der Waals surface area contributed by atoms with Crippen LogP contribution >= 0.6 is 0 Å². The number of nitrogens with zero attached hydrogens (tertiary/aromatic N) is 1. The van der Waals surface area contributed by atoms with E-state index in [0.717, 1.165) is 11.1 Å². The number of amides is 1. The Kier molecular flexibility index (Phi) is 4.83. The summed E-state index contributed by atoms with van der Waals surface area (Å²) in [4.78, 5) is 14.0. The molecule has 0 aromatic heterocycles. The predicted molar refractivity (Wildman–Crippen MR) is 85.4 cm³/mol. The van der Waals surface area contributed by atoms with E-state index >= 15 is 0 Å². The minimum Gasteiger partial charge on any atom is -0.508 e. The molecule has 0 aliphatic heterocycles. The zero-order valence-corrected chi connectivity index (χ0v) is 12.9. The molecule has 0 fully saturated rings. The molecule has 2 N–H and O–H groups in total. The number of carbonyl (C=O) groups is 1. The van der Waals surface area contributed by atoms with Gasteiger partial charge in [-0.3, -0.25) is 4.79 Å². The van der Waals surface area contributed by atoms with E-state index in [4.69, 9.17) is 0 Å². The van der Waals surface area contributed by atoms with Gasteiger partial charge in [0.1, 0.15) is 11.4 Å². The first-order valence-electron chi connectivity index (χ1n) is 7.18. The van der Waals surface area contributed by atoms with Gasteiger partial charge in [0, 0.05) is 20.0 Å². The molecule has 0 saturated carbocycles. The molecule has 22 heavy (non-hydrogen) atoms. The van der Waals surface area contributed by atoms with Crippen LogP contribution in [0.1, 0.15) is 18.1 Å². The fourth-order valence-corrected chi connectivity index (χ4v) is 2.43. The molecule has 4 nitrogen and oxygen atoms in total. The maximum Gasteiger partial charge on any atom is 0.254 e. The van der Waals surface area contributed by atoms with E-state index in [1.165, 1.54) is 11.8 Å². The summed E-state index contributed by atoms with van der Waals surface area (Å²) in [5, 5.41) is 19.8.